The largest absolute Gasteiger partial charge is 0.381 e. The Bertz CT molecular complexity index is 647. The Hall–Kier alpha value is -1.13. The van der Waals surface area contributed by atoms with Crippen LogP contribution >= 0.6 is 11.6 Å². The van der Waals surface area contributed by atoms with Crippen molar-refractivity contribution in [3.63, 3.8) is 0 Å². The highest BCUT2D eigenvalue weighted by Crippen LogP contribution is 2.34. The van der Waals surface area contributed by atoms with E-state index in [1.807, 2.05) is 6.07 Å². The molecule has 0 amide bonds. The van der Waals surface area contributed by atoms with Gasteiger partial charge in [-0.05, 0) is 38.3 Å². The van der Waals surface area contributed by atoms with Crippen molar-refractivity contribution in [2.24, 2.45) is 0 Å². The van der Waals surface area contributed by atoms with E-state index in [2.05, 4.69) is 16.5 Å². The number of nitrogens with zero attached hydrogens (tertiary/aromatic N) is 2. The number of imidazole rings is 1. The number of rotatable bonds is 2. The lowest BCUT2D eigenvalue weighted by atomic mass is 9.91. The van der Waals surface area contributed by atoms with Crippen LogP contribution in [0, 0.1) is 12.7 Å². The zero-order chi connectivity index (χ0) is 14.3. The summed E-state index contributed by atoms with van der Waals surface area (Å²) in [7, 11) is 0. The van der Waals surface area contributed by atoms with Gasteiger partial charge in [0.2, 0.25) is 0 Å². The van der Waals surface area contributed by atoms with Gasteiger partial charge in [-0.15, -0.1) is 11.6 Å². The van der Waals surface area contributed by atoms with Gasteiger partial charge < -0.3 is 9.30 Å². The van der Waals surface area contributed by atoms with E-state index >= 15 is 0 Å². The lowest BCUT2D eigenvalue weighted by molar-refractivity contribution is 0.0303. The number of benzene rings is 1. The van der Waals surface area contributed by atoms with Gasteiger partial charge in [0.1, 0.15) is 11.6 Å². The molecule has 0 N–H and O–H groups in total. The van der Waals surface area contributed by atoms with Crippen molar-refractivity contribution >= 4 is 22.6 Å². The van der Waals surface area contributed by atoms with E-state index in [1.54, 1.807) is 6.92 Å². The Balaban J connectivity index is 2.24. The molecule has 0 radical (unpaired) electrons. The van der Waals surface area contributed by atoms with Crippen LogP contribution in [0.25, 0.3) is 11.0 Å². The summed E-state index contributed by atoms with van der Waals surface area (Å²) in [5.41, 5.74) is 2.21. The highest BCUT2D eigenvalue weighted by atomic mass is 35.5. The first-order valence-electron chi connectivity index (χ1n) is 6.87. The predicted octanol–water partition coefficient (Wildman–Crippen LogP) is 3.75. The number of fused-ring (bicyclic) bond motifs is 1. The summed E-state index contributed by atoms with van der Waals surface area (Å²) >= 11 is 6.06. The van der Waals surface area contributed by atoms with Crippen molar-refractivity contribution in [3.8, 4) is 0 Å². The lowest BCUT2D eigenvalue weighted by Crippen LogP contribution is -2.37. The van der Waals surface area contributed by atoms with E-state index in [0.29, 0.717) is 17.0 Å². The maximum atomic E-state index is 13.7. The van der Waals surface area contributed by atoms with Crippen LogP contribution in [0.2, 0.25) is 0 Å². The third-order valence-corrected chi connectivity index (χ3v) is 4.47. The van der Waals surface area contributed by atoms with Gasteiger partial charge in [0.15, 0.2) is 0 Å². The SMILES string of the molecule is Cc1cc2c(cc1F)nc(CCl)n2C1(C)CCOCC1. The molecule has 1 fully saturated rings. The average molecular weight is 297 g/mol. The Morgan fingerprint density at radius 3 is 2.75 bits per heavy atom. The van der Waals surface area contributed by atoms with Gasteiger partial charge in [0.05, 0.1) is 16.9 Å². The first-order valence-corrected chi connectivity index (χ1v) is 7.40. The molecule has 1 aliphatic rings. The van der Waals surface area contributed by atoms with E-state index in [1.165, 1.54) is 6.07 Å². The fraction of sp³-hybridized carbons (Fsp3) is 0.533. The lowest BCUT2D eigenvalue weighted by Gasteiger charge is -2.36. The van der Waals surface area contributed by atoms with Gasteiger partial charge in [-0.3, -0.25) is 0 Å². The fourth-order valence-electron chi connectivity index (χ4n) is 2.98. The Morgan fingerprint density at radius 1 is 1.40 bits per heavy atom. The van der Waals surface area contributed by atoms with Gasteiger partial charge in [-0.2, -0.15) is 0 Å². The molecule has 0 aliphatic carbocycles. The van der Waals surface area contributed by atoms with Crippen molar-refractivity contribution in [3.05, 3.63) is 29.3 Å². The molecule has 0 bridgehead atoms. The van der Waals surface area contributed by atoms with Crippen LogP contribution < -0.4 is 0 Å². The molecule has 1 aliphatic heterocycles. The number of aryl methyl sites for hydroxylation is 1. The maximum Gasteiger partial charge on any atom is 0.128 e. The third kappa shape index (κ3) is 2.11. The highest BCUT2D eigenvalue weighted by Gasteiger charge is 2.32. The number of alkyl halides is 1. The monoisotopic (exact) mass is 296 g/mol. The molecule has 1 saturated heterocycles. The minimum Gasteiger partial charge on any atom is -0.381 e. The molecule has 0 saturated carbocycles. The van der Waals surface area contributed by atoms with Crippen molar-refractivity contribution < 1.29 is 9.13 Å². The zero-order valence-corrected chi connectivity index (χ0v) is 12.5. The van der Waals surface area contributed by atoms with Crippen LogP contribution in [0.15, 0.2) is 12.1 Å². The van der Waals surface area contributed by atoms with Crippen molar-refractivity contribution in [1.82, 2.24) is 9.55 Å². The molecule has 3 rings (SSSR count). The Kier molecular flexibility index (Phi) is 3.46. The summed E-state index contributed by atoms with van der Waals surface area (Å²) in [4.78, 5) is 4.50. The normalized spacial score (nSPS) is 18.6. The van der Waals surface area contributed by atoms with Crippen molar-refractivity contribution in [2.75, 3.05) is 13.2 Å². The first kappa shape index (κ1) is 13.8. The minimum atomic E-state index is -0.222. The van der Waals surface area contributed by atoms with Crippen LogP contribution in [-0.4, -0.2) is 22.8 Å². The van der Waals surface area contributed by atoms with Gasteiger partial charge >= 0.3 is 0 Å². The molecule has 2 aromatic rings. The average Bonchev–Trinajstić information content (AvgIpc) is 2.78. The summed E-state index contributed by atoms with van der Waals surface area (Å²) in [6.07, 6.45) is 1.83. The highest BCUT2D eigenvalue weighted by molar-refractivity contribution is 6.16. The molecular weight excluding hydrogens is 279 g/mol. The van der Waals surface area contributed by atoms with Crippen LogP contribution in [0.1, 0.15) is 31.2 Å². The summed E-state index contributed by atoms with van der Waals surface area (Å²) in [5.74, 6) is 0.905. The van der Waals surface area contributed by atoms with Crippen LogP contribution in [0.4, 0.5) is 4.39 Å². The van der Waals surface area contributed by atoms with Crippen molar-refractivity contribution in [2.45, 2.75) is 38.1 Å². The molecule has 20 heavy (non-hydrogen) atoms. The van der Waals surface area contributed by atoms with Gasteiger partial charge in [0, 0.05) is 24.8 Å². The second-order valence-electron chi connectivity index (χ2n) is 5.70. The van der Waals surface area contributed by atoms with Gasteiger partial charge in [0.25, 0.3) is 0 Å². The number of hydrogen-bond donors (Lipinski definition) is 0. The number of halogens is 2. The quantitative estimate of drug-likeness (QED) is 0.789. The smallest absolute Gasteiger partial charge is 0.128 e. The molecule has 1 aromatic carbocycles. The predicted molar refractivity (Wildman–Crippen MR) is 77.7 cm³/mol. The molecule has 108 valence electrons. The topological polar surface area (TPSA) is 27.1 Å². The summed E-state index contributed by atoms with van der Waals surface area (Å²) in [5, 5.41) is 0. The minimum absolute atomic E-state index is 0.0680. The van der Waals surface area contributed by atoms with Gasteiger partial charge in [-0.1, -0.05) is 0 Å². The maximum absolute atomic E-state index is 13.7. The molecule has 0 atom stereocenters. The van der Waals surface area contributed by atoms with Crippen LogP contribution in [0.5, 0.6) is 0 Å². The van der Waals surface area contributed by atoms with E-state index in [-0.39, 0.29) is 11.4 Å². The molecule has 2 heterocycles. The van der Waals surface area contributed by atoms with Crippen molar-refractivity contribution in [1.29, 1.82) is 0 Å². The standard InChI is InChI=1S/C15H18ClFN2O/c1-10-7-13-12(8-11(10)17)18-14(9-16)19(13)15(2)3-5-20-6-4-15/h7-8H,3-6,9H2,1-2H3. The second-order valence-corrected chi connectivity index (χ2v) is 5.96. The van der Waals surface area contributed by atoms with E-state index in [4.69, 9.17) is 16.3 Å². The summed E-state index contributed by atoms with van der Waals surface area (Å²) in [6.45, 7) is 5.44. The molecule has 5 heteroatoms. The molecule has 0 spiro atoms. The summed E-state index contributed by atoms with van der Waals surface area (Å²) < 4.78 is 21.4. The molecular formula is C15H18ClFN2O. The van der Waals surface area contributed by atoms with Crippen LogP contribution in [0.3, 0.4) is 0 Å². The van der Waals surface area contributed by atoms with E-state index in [9.17, 15) is 4.39 Å². The summed E-state index contributed by atoms with van der Waals surface area (Å²) in [6, 6.07) is 3.37. The Morgan fingerprint density at radius 2 is 2.10 bits per heavy atom. The molecule has 3 nitrogen and oxygen atoms in total. The Labute approximate surface area is 122 Å². The first-order chi connectivity index (χ1) is 9.55. The van der Waals surface area contributed by atoms with Gasteiger partial charge in [-0.25, -0.2) is 9.37 Å². The number of ether oxygens (including phenoxy) is 1. The molecule has 0 unspecified atom stereocenters. The number of hydrogen-bond acceptors (Lipinski definition) is 2. The van der Waals surface area contributed by atoms with E-state index < -0.39 is 0 Å². The second kappa shape index (κ2) is 5.01. The molecule has 1 aromatic heterocycles. The van der Waals surface area contributed by atoms with E-state index in [0.717, 1.165) is 37.4 Å². The fourth-order valence-corrected chi connectivity index (χ4v) is 3.16. The number of aromatic nitrogens is 2. The zero-order valence-electron chi connectivity index (χ0n) is 11.7. The van der Waals surface area contributed by atoms with Crippen LogP contribution in [-0.2, 0) is 16.2 Å². The third-order valence-electron chi connectivity index (χ3n) is 4.23.